The molecule has 2 unspecified atom stereocenters. The van der Waals surface area contributed by atoms with Crippen LogP contribution in [-0.2, 0) is 24.7 Å². The van der Waals surface area contributed by atoms with E-state index >= 15 is 0 Å². The zero-order chi connectivity index (χ0) is 13.2. The van der Waals surface area contributed by atoms with E-state index in [0.717, 1.165) is 5.56 Å². The third-order valence-electron chi connectivity index (χ3n) is 3.16. The molecule has 1 aromatic carbocycles. The Hall–Kier alpha value is -1.84. The number of hydrogen-bond donors (Lipinski definition) is 0. The Labute approximate surface area is 106 Å². The molecule has 0 aliphatic carbocycles. The average Bonchev–Trinajstić information content (AvgIpc) is 2.68. The van der Waals surface area contributed by atoms with Crippen LogP contribution in [0.3, 0.4) is 0 Å². The molecule has 0 amide bonds. The Balaban J connectivity index is 2.20. The highest BCUT2D eigenvalue weighted by molar-refractivity contribution is 5.96. The fourth-order valence-electron chi connectivity index (χ4n) is 2.20. The maximum Gasteiger partial charge on any atom is 0.321 e. The Morgan fingerprint density at radius 3 is 2.72 bits per heavy atom. The van der Waals surface area contributed by atoms with Crippen molar-refractivity contribution in [3.05, 3.63) is 35.9 Å². The summed E-state index contributed by atoms with van der Waals surface area (Å²) in [6.07, 6.45) is 0.328. The Kier molecular flexibility index (Phi) is 3.36. The van der Waals surface area contributed by atoms with Gasteiger partial charge in [0.15, 0.2) is 5.92 Å². The van der Waals surface area contributed by atoms with Crippen molar-refractivity contribution in [2.45, 2.75) is 25.9 Å². The highest BCUT2D eigenvalue weighted by atomic mass is 16.6. The lowest BCUT2D eigenvalue weighted by atomic mass is 9.89. The van der Waals surface area contributed by atoms with Crippen LogP contribution in [0, 0.1) is 5.92 Å². The normalized spacial score (nSPS) is 26.8. The van der Waals surface area contributed by atoms with Crippen molar-refractivity contribution >= 4 is 11.9 Å². The minimum absolute atomic E-state index is 0.269. The van der Waals surface area contributed by atoms with Crippen molar-refractivity contribution in [3.63, 3.8) is 0 Å². The molecule has 1 aliphatic heterocycles. The van der Waals surface area contributed by atoms with Crippen molar-refractivity contribution in [3.8, 4) is 0 Å². The molecule has 2 atom stereocenters. The van der Waals surface area contributed by atoms with Crippen LogP contribution in [0.1, 0.15) is 25.8 Å². The highest BCUT2D eigenvalue weighted by Crippen LogP contribution is 2.39. The maximum atomic E-state index is 11.8. The second-order valence-electron chi connectivity index (χ2n) is 4.53. The van der Waals surface area contributed by atoms with E-state index in [4.69, 9.17) is 9.47 Å². The van der Waals surface area contributed by atoms with Crippen molar-refractivity contribution in [2.75, 3.05) is 6.61 Å². The van der Waals surface area contributed by atoms with Crippen molar-refractivity contribution < 1.29 is 19.1 Å². The van der Waals surface area contributed by atoms with Crippen LogP contribution in [0.5, 0.6) is 0 Å². The first-order chi connectivity index (χ1) is 8.57. The summed E-state index contributed by atoms with van der Waals surface area (Å²) in [7, 11) is 0. The standard InChI is InChI=1S/C14H16O4/c1-3-17-12(15)11-9-14(2,18-13(11)16)10-7-5-4-6-8-10/h4-8,11H,3,9H2,1-2H3. The maximum absolute atomic E-state index is 11.8. The average molecular weight is 248 g/mol. The van der Waals surface area contributed by atoms with Gasteiger partial charge in [0.1, 0.15) is 5.60 Å². The molecule has 0 spiro atoms. The Bertz CT molecular complexity index is 454. The number of carbonyl (C=O) groups is 2. The van der Waals surface area contributed by atoms with Crippen LogP contribution < -0.4 is 0 Å². The minimum Gasteiger partial charge on any atom is -0.465 e. The fraction of sp³-hybridized carbons (Fsp3) is 0.429. The molecule has 1 aliphatic rings. The molecule has 0 bridgehead atoms. The molecule has 1 saturated heterocycles. The third kappa shape index (κ3) is 2.23. The molecule has 1 fully saturated rings. The number of benzene rings is 1. The number of esters is 2. The molecule has 4 heteroatoms. The first-order valence-corrected chi connectivity index (χ1v) is 6.02. The van der Waals surface area contributed by atoms with Gasteiger partial charge in [0.25, 0.3) is 0 Å². The van der Waals surface area contributed by atoms with Gasteiger partial charge < -0.3 is 9.47 Å². The van der Waals surface area contributed by atoms with Gasteiger partial charge in [-0.3, -0.25) is 9.59 Å². The van der Waals surface area contributed by atoms with E-state index in [2.05, 4.69) is 0 Å². The smallest absolute Gasteiger partial charge is 0.321 e. The number of cyclic esters (lactones) is 1. The van der Waals surface area contributed by atoms with Crippen molar-refractivity contribution in [2.24, 2.45) is 5.92 Å². The summed E-state index contributed by atoms with van der Waals surface area (Å²) in [5.74, 6) is -1.81. The van der Waals surface area contributed by atoms with E-state index in [1.165, 1.54) is 0 Å². The quantitative estimate of drug-likeness (QED) is 0.606. The molecular weight excluding hydrogens is 232 g/mol. The van der Waals surface area contributed by atoms with E-state index in [1.807, 2.05) is 37.3 Å². The van der Waals surface area contributed by atoms with Gasteiger partial charge in [-0.1, -0.05) is 30.3 Å². The van der Waals surface area contributed by atoms with Crippen molar-refractivity contribution in [1.29, 1.82) is 0 Å². The van der Waals surface area contributed by atoms with Gasteiger partial charge in [-0.05, 0) is 19.4 Å². The third-order valence-corrected chi connectivity index (χ3v) is 3.16. The van der Waals surface area contributed by atoms with E-state index in [9.17, 15) is 9.59 Å². The lowest BCUT2D eigenvalue weighted by molar-refractivity contribution is -0.158. The summed E-state index contributed by atoms with van der Waals surface area (Å²) in [5, 5.41) is 0. The monoisotopic (exact) mass is 248 g/mol. The van der Waals surface area contributed by atoms with Gasteiger partial charge in [0.05, 0.1) is 6.61 Å². The molecule has 96 valence electrons. The zero-order valence-electron chi connectivity index (χ0n) is 10.5. The van der Waals surface area contributed by atoms with Gasteiger partial charge >= 0.3 is 11.9 Å². The van der Waals surface area contributed by atoms with E-state index < -0.39 is 23.5 Å². The van der Waals surface area contributed by atoms with Crippen LogP contribution >= 0.6 is 0 Å². The Morgan fingerprint density at radius 2 is 2.11 bits per heavy atom. The number of hydrogen-bond acceptors (Lipinski definition) is 4. The van der Waals surface area contributed by atoms with Gasteiger partial charge in [0.2, 0.25) is 0 Å². The lowest BCUT2D eigenvalue weighted by Gasteiger charge is -2.22. The predicted molar refractivity (Wildman–Crippen MR) is 64.6 cm³/mol. The SMILES string of the molecule is CCOC(=O)C1CC(C)(c2ccccc2)OC1=O. The first-order valence-electron chi connectivity index (χ1n) is 6.02. The second-order valence-corrected chi connectivity index (χ2v) is 4.53. The molecule has 0 radical (unpaired) electrons. The topological polar surface area (TPSA) is 52.6 Å². The number of ether oxygens (including phenoxy) is 2. The summed E-state index contributed by atoms with van der Waals surface area (Å²) in [6, 6.07) is 9.44. The second kappa shape index (κ2) is 4.80. The van der Waals surface area contributed by atoms with Gasteiger partial charge in [0, 0.05) is 6.42 Å². The molecule has 1 heterocycles. The van der Waals surface area contributed by atoms with E-state index in [1.54, 1.807) is 6.92 Å². The Morgan fingerprint density at radius 1 is 1.44 bits per heavy atom. The zero-order valence-corrected chi connectivity index (χ0v) is 10.5. The molecule has 1 aromatic rings. The summed E-state index contributed by atoms with van der Waals surface area (Å²) in [4.78, 5) is 23.4. The van der Waals surface area contributed by atoms with Gasteiger partial charge in [-0.25, -0.2) is 0 Å². The fourth-order valence-corrected chi connectivity index (χ4v) is 2.20. The number of carbonyl (C=O) groups excluding carboxylic acids is 2. The number of rotatable bonds is 3. The summed E-state index contributed by atoms with van der Waals surface area (Å²) in [6.45, 7) is 3.80. The van der Waals surface area contributed by atoms with Crippen LogP contribution in [0.15, 0.2) is 30.3 Å². The first kappa shape index (κ1) is 12.6. The molecule has 0 saturated carbocycles. The molecule has 0 N–H and O–H groups in total. The van der Waals surface area contributed by atoms with Gasteiger partial charge in [-0.2, -0.15) is 0 Å². The molecule has 4 nitrogen and oxygen atoms in total. The van der Waals surface area contributed by atoms with Crippen LogP contribution in [0.4, 0.5) is 0 Å². The van der Waals surface area contributed by atoms with E-state index in [0.29, 0.717) is 6.42 Å². The van der Waals surface area contributed by atoms with E-state index in [-0.39, 0.29) is 6.61 Å². The highest BCUT2D eigenvalue weighted by Gasteiger charge is 2.48. The molecule has 0 aromatic heterocycles. The van der Waals surface area contributed by atoms with Gasteiger partial charge in [-0.15, -0.1) is 0 Å². The molecular formula is C14H16O4. The van der Waals surface area contributed by atoms with Crippen molar-refractivity contribution in [1.82, 2.24) is 0 Å². The largest absolute Gasteiger partial charge is 0.465 e. The molecule has 2 rings (SSSR count). The minimum atomic E-state index is -0.810. The molecule has 18 heavy (non-hydrogen) atoms. The van der Waals surface area contributed by atoms with Crippen LogP contribution in [0.25, 0.3) is 0 Å². The van der Waals surface area contributed by atoms with Crippen LogP contribution in [0.2, 0.25) is 0 Å². The summed E-state index contributed by atoms with van der Waals surface area (Å²) in [5.41, 5.74) is 0.153. The summed E-state index contributed by atoms with van der Waals surface area (Å²) < 4.78 is 10.3. The predicted octanol–water partition coefficient (Wildman–Crippen LogP) is 2.03. The summed E-state index contributed by atoms with van der Waals surface area (Å²) >= 11 is 0. The lowest BCUT2D eigenvalue weighted by Crippen LogP contribution is -2.22. The van der Waals surface area contributed by atoms with Crippen LogP contribution in [-0.4, -0.2) is 18.5 Å².